The van der Waals surface area contributed by atoms with Gasteiger partial charge in [0.05, 0.1) is 11.3 Å². The van der Waals surface area contributed by atoms with Crippen LogP contribution in [0.5, 0.6) is 0 Å². The molecule has 1 aromatic rings. The maximum Gasteiger partial charge on any atom is 0.307 e. The van der Waals surface area contributed by atoms with Crippen LogP contribution in [0.15, 0.2) is 16.6 Å². The summed E-state index contributed by atoms with van der Waals surface area (Å²) in [5.74, 6) is -1.65. The number of nitrogens with one attached hydrogen (secondary N) is 1. The molecule has 88 valence electrons. The number of hydrogen-bond donors (Lipinski definition) is 2. The summed E-state index contributed by atoms with van der Waals surface area (Å²) in [4.78, 5) is 23.0. The van der Waals surface area contributed by atoms with Crippen LogP contribution in [0.3, 0.4) is 0 Å². The molecule has 1 amide bonds. The lowest BCUT2D eigenvalue weighted by Gasteiger charge is -2.08. The van der Waals surface area contributed by atoms with Gasteiger partial charge < -0.3 is 10.4 Å². The third kappa shape index (κ3) is 1.17. The normalized spacial score (nSPS) is 29.1. The van der Waals surface area contributed by atoms with Crippen molar-refractivity contribution in [3.8, 4) is 0 Å². The average Bonchev–Trinajstić information content (AvgIpc) is 2.94. The van der Waals surface area contributed by atoms with Crippen LogP contribution in [0.2, 0.25) is 0 Å². The highest BCUT2D eigenvalue weighted by Gasteiger charge is 2.68. The summed E-state index contributed by atoms with van der Waals surface area (Å²) in [6.45, 7) is 1.90. The topological polar surface area (TPSA) is 66.4 Å². The van der Waals surface area contributed by atoms with Crippen molar-refractivity contribution in [3.63, 3.8) is 0 Å². The Labute approximate surface area is 106 Å². The van der Waals surface area contributed by atoms with E-state index in [4.69, 9.17) is 5.11 Å². The van der Waals surface area contributed by atoms with Crippen LogP contribution >= 0.6 is 15.9 Å². The number of rotatable bonds is 1. The molecule has 2 N–H and O–H groups in total. The molecule has 17 heavy (non-hydrogen) atoms. The monoisotopic (exact) mass is 295 g/mol. The number of hydrogen-bond acceptors (Lipinski definition) is 2. The Bertz CT molecular complexity index is 569. The Balaban J connectivity index is 2.17. The van der Waals surface area contributed by atoms with E-state index in [9.17, 15) is 9.59 Å². The number of aliphatic carboxylic acids is 1. The molecule has 0 saturated heterocycles. The molecule has 1 fully saturated rings. The number of fused-ring (bicyclic) bond motifs is 2. The Morgan fingerprint density at radius 3 is 2.88 bits per heavy atom. The fourth-order valence-corrected chi connectivity index (χ4v) is 3.01. The molecule has 1 spiro atoms. The lowest BCUT2D eigenvalue weighted by Crippen LogP contribution is -2.24. The summed E-state index contributed by atoms with van der Waals surface area (Å²) in [5, 5.41) is 11.9. The number of carboxylic acids is 1. The molecule has 5 heteroatoms. The van der Waals surface area contributed by atoms with Gasteiger partial charge >= 0.3 is 5.97 Å². The van der Waals surface area contributed by atoms with Crippen LogP contribution in [0.25, 0.3) is 0 Å². The Hall–Kier alpha value is -1.36. The van der Waals surface area contributed by atoms with Crippen molar-refractivity contribution in [2.24, 2.45) is 5.92 Å². The van der Waals surface area contributed by atoms with E-state index in [1.165, 1.54) is 0 Å². The minimum Gasteiger partial charge on any atom is -0.481 e. The highest BCUT2D eigenvalue weighted by Crippen LogP contribution is 2.60. The van der Waals surface area contributed by atoms with Crippen LogP contribution < -0.4 is 5.32 Å². The molecule has 1 saturated carbocycles. The lowest BCUT2D eigenvalue weighted by atomic mass is 9.93. The number of anilines is 1. The van der Waals surface area contributed by atoms with Gasteiger partial charge in [-0.25, -0.2) is 0 Å². The molecule has 2 unspecified atom stereocenters. The van der Waals surface area contributed by atoms with Gasteiger partial charge in [-0.1, -0.05) is 22.0 Å². The number of amides is 1. The van der Waals surface area contributed by atoms with E-state index in [1.807, 2.05) is 19.1 Å². The fourth-order valence-electron chi connectivity index (χ4n) is 2.68. The molecule has 0 radical (unpaired) electrons. The molecular weight excluding hydrogens is 286 g/mol. The molecular formula is C12H10BrNO3. The van der Waals surface area contributed by atoms with Gasteiger partial charge in [0, 0.05) is 10.2 Å². The zero-order valence-corrected chi connectivity index (χ0v) is 10.7. The third-order valence-electron chi connectivity index (χ3n) is 3.78. The van der Waals surface area contributed by atoms with Crippen molar-refractivity contribution in [2.75, 3.05) is 5.32 Å². The largest absolute Gasteiger partial charge is 0.481 e. The summed E-state index contributed by atoms with van der Waals surface area (Å²) < 4.78 is 0.918. The summed E-state index contributed by atoms with van der Waals surface area (Å²) in [7, 11) is 0. The van der Waals surface area contributed by atoms with Crippen LogP contribution in [0, 0.1) is 12.8 Å². The third-order valence-corrected chi connectivity index (χ3v) is 4.64. The SMILES string of the molecule is Cc1c(Br)ccc2c1NC(=O)C21CC1C(=O)O. The molecule has 1 aliphatic carbocycles. The minimum atomic E-state index is -0.895. The number of carboxylic acid groups (broad SMARTS) is 1. The highest BCUT2D eigenvalue weighted by atomic mass is 79.9. The molecule has 3 rings (SSSR count). The first-order chi connectivity index (χ1) is 7.98. The number of benzene rings is 1. The molecule has 2 atom stereocenters. The van der Waals surface area contributed by atoms with Gasteiger partial charge in [0.2, 0.25) is 5.91 Å². The Morgan fingerprint density at radius 1 is 1.59 bits per heavy atom. The van der Waals surface area contributed by atoms with Gasteiger partial charge in [-0.2, -0.15) is 0 Å². The van der Waals surface area contributed by atoms with E-state index in [0.717, 1.165) is 21.3 Å². The first kappa shape index (κ1) is 10.8. The van der Waals surface area contributed by atoms with Crippen molar-refractivity contribution in [3.05, 3.63) is 27.7 Å². The standard InChI is InChI=1S/C12H10BrNO3/c1-5-8(13)3-2-6-9(5)14-11(17)12(6)4-7(12)10(15)16/h2-3,7H,4H2,1H3,(H,14,17)(H,15,16). The zero-order chi connectivity index (χ0) is 12.4. The maximum absolute atomic E-state index is 12.0. The van der Waals surface area contributed by atoms with E-state index in [1.54, 1.807) is 0 Å². The quantitative estimate of drug-likeness (QED) is 0.833. The van der Waals surface area contributed by atoms with E-state index in [2.05, 4.69) is 21.2 Å². The lowest BCUT2D eigenvalue weighted by molar-refractivity contribution is -0.140. The molecule has 1 aromatic carbocycles. The minimum absolute atomic E-state index is 0.180. The second-order valence-electron chi connectivity index (χ2n) is 4.62. The second kappa shape index (κ2) is 3.10. The summed E-state index contributed by atoms with van der Waals surface area (Å²) >= 11 is 3.40. The van der Waals surface area contributed by atoms with Gasteiger partial charge in [-0.15, -0.1) is 0 Å². The molecule has 0 bridgehead atoms. The highest BCUT2D eigenvalue weighted by molar-refractivity contribution is 9.10. The first-order valence-corrected chi connectivity index (χ1v) is 6.11. The van der Waals surface area contributed by atoms with Crippen molar-refractivity contribution in [2.45, 2.75) is 18.8 Å². The van der Waals surface area contributed by atoms with Crippen LogP contribution in [0.1, 0.15) is 17.5 Å². The fraction of sp³-hybridized carbons (Fsp3) is 0.333. The van der Waals surface area contributed by atoms with Gasteiger partial charge in [0.15, 0.2) is 0 Å². The van der Waals surface area contributed by atoms with E-state index < -0.39 is 17.3 Å². The molecule has 1 aliphatic heterocycles. The summed E-state index contributed by atoms with van der Waals surface area (Å²) in [6.07, 6.45) is 0.405. The Kier molecular flexibility index (Phi) is 1.96. The molecule has 4 nitrogen and oxygen atoms in total. The van der Waals surface area contributed by atoms with E-state index >= 15 is 0 Å². The van der Waals surface area contributed by atoms with Crippen molar-refractivity contribution in [1.29, 1.82) is 0 Å². The number of carbonyl (C=O) groups excluding carboxylic acids is 1. The number of halogens is 1. The Morgan fingerprint density at radius 2 is 2.29 bits per heavy atom. The molecule has 2 aliphatic rings. The molecule has 1 heterocycles. The predicted octanol–water partition coefficient (Wildman–Crippen LogP) is 2.05. The van der Waals surface area contributed by atoms with Gasteiger partial charge in [-0.3, -0.25) is 9.59 Å². The van der Waals surface area contributed by atoms with Crippen LogP contribution in [-0.4, -0.2) is 17.0 Å². The van der Waals surface area contributed by atoms with E-state index in [0.29, 0.717) is 6.42 Å². The van der Waals surface area contributed by atoms with Gasteiger partial charge in [0.25, 0.3) is 0 Å². The molecule has 0 aromatic heterocycles. The number of carbonyl (C=O) groups is 2. The van der Waals surface area contributed by atoms with Gasteiger partial charge in [-0.05, 0) is 30.5 Å². The smallest absolute Gasteiger partial charge is 0.307 e. The summed E-state index contributed by atoms with van der Waals surface area (Å²) in [6, 6.07) is 3.71. The van der Waals surface area contributed by atoms with Crippen molar-refractivity contribution >= 4 is 33.5 Å². The van der Waals surface area contributed by atoms with Crippen LogP contribution in [0.4, 0.5) is 5.69 Å². The van der Waals surface area contributed by atoms with Crippen molar-refractivity contribution in [1.82, 2.24) is 0 Å². The maximum atomic E-state index is 12.0. The van der Waals surface area contributed by atoms with Crippen molar-refractivity contribution < 1.29 is 14.7 Å². The summed E-state index contributed by atoms with van der Waals surface area (Å²) in [5.41, 5.74) is 1.74. The second-order valence-corrected chi connectivity index (χ2v) is 5.47. The zero-order valence-electron chi connectivity index (χ0n) is 9.08. The first-order valence-electron chi connectivity index (χ1n) is 5.32. The van der Waals surface area contributed by atoms with Gasteiger partial charge in [0.1, 0.15) is 0 Å². The predicted molar refractivity (Wildman–Crippen MR) is 64.9 cm³/mol. The van der Waals surface area contributed by atoms with Crippen LogP contribution in [-0.2, 0) is 15.0 Å². The average molecular weight is 296 g/mol. The van der Waals surface area contributed by atoms with E-state index in [-0.39, 0.29) is 5.91 Å².